The lowest BCUT2D eigenvalue weighted by Gasteiger charge is -2.32. The highest BCUT2D eigenvalue weighted by atomic mass is 16.2. The Morgan fingerprint density at radius 1 is 1.31 bits per heavy atom. The molecule has 1 saturated heterocycles. The van der Waals surface area contributed by atoms with Crippen LogP contribution in [0.5, 0.6) is 0 Å². The fraction of sp³-hybridized carbons (Fsp3) is 0.538. The molecule has 0 aromatic carbocycles. The first kappa shape index (κ1) is 19.0. The van der Waals surface area contributed by atoms with E-state index in [1.165, 1.54) is 15.9 Å². The number of rotatable bonds is 7. The Balaban J connectivity index is 1.84. The minimum Gasteiger partial charge on any atom is -0.352 e. The van der Waals surface area contributed by atoms with E-state index in [0.717, 1.165) is 4.90 Å². The summed E-state index contributed by atoms with van der Waals surface area (Å²) in [5.41, 5.74) is 0. The van der Waals surface area contributed by atoms with Crippen LogP contribution < -0.4 is 10.6 Å². The average Bonchev–Trinajstić information content (AvgIpc) is 3.13. The Hall–Kier alpha value is -3.38. The van der Waals surface area contributed by atoms with Gasteiger partial charge in [-0.2, -0.15) is 0 Å². The molecule has 13 nitrogen and oxygen atoms in total. The molecule has 5 amide bonds. The van der Waals surface area contributed by atoms with Crippen molar-refractivity contribution in [2.45, 2.75) is 19.5 Å². The molecule has 2 rings (SSSR count). The van der Waals surface area contributed by atoms with Crippen LogP contribution >= 0.6 is 0 Å². The minimum atomic E-state index is -1.06. The molecule has 2 N–H and O–H groups in total. The van der Waals surface area contributed by atoms with Gasteiger partial charge in [0.25, 0.3) is 0 Å². The molecular formula is C13H18N8O5. The summed E-state index contributed by atoms with van der Waals surface area (Å²) in [6.07, 6.45) is 1.67. The van der Waals surface area contributed by atoms with Crippen LogP contribution in [0.25, 0.3) is 0 Å². The van der Waals surface area contributed by atoms with E-state index in [9.17, 15) is 24.0 Å². The van der Waals surface area contributed by atoms with Crippen LogP contribution in [-0.2, 0) is 25.7 Å². The normalized spacial score (nSPS) is 15.6. The van der Waals surface area contributed by atoms with Crippen LogP contribution in [0.15, 0.2) is 6.33 Å². The molecule has 1 aliphatic heterocycles. The topological polar surface area (TPSA) is 159 Å². The second-order valence-electron chi connectivity index (χ2n) is 5.35. The third kappa shape index (κ3) is 4.58. The summed E-state index contributed by atoms with van der Waals surface area (Å²) in [7, 11) is 0. The number of carbonyl (C=O) groups excluding carboxylic acids is 5. The van der Waals surface area contributed by atoms with Crippen molar-refractivity contribution in [3.8, 4) is 0 Å². The van der Waals surface area contributed by atoms with Crippen LogP contribution in [0.1, 0.15) is 6.92 Å². The van der Waals surface area contributed by atoms with Crippen molar-refractivity contribution in [1.29, 1.82) is 0 Å². The summed E-state index contributed by atoms with van der Waals surface area (Å²) in [6.45, 7) is 2.00. The zero-order valence-corrected chi connectivity index (χ0v) is 14.0. The third-order valence-corrected chi connectivity index (χ3v) is 3.63. The number of carbonyl (C=O) groups is 5. The molecule has 0 aliphatic carbocycles. The van der Waals surface area contributed by atoms with Crippen molar-refractivity contribution in [2.24, 2.45) is 0 Å². The van der Waals surface area contributed by atoms with Crippen molar-refractivity contribution in [3.05, 3.63) is 6.33 Å². The molecule has 13 heteroatoms. The zero-order valence-electron chi connectivity index (χ0n) is 14.0. The lowest BCUT2D eigenvalue weighted by Crippen LogP contribution is -2.60. The number of hydrogen-bond acceptors (Lipinski definition) is 8. The first-order valence-corrected chi connectivity index (χ1v) is 7.80. The molecule has 2 heterocycles. The van der Waals surface area contributed by atoms with Crippen LogP contribution in [-0.4, -0.2) is 92.3 Å². The average molecular weight is 366 g/mol. The highest BCUT2D eigenvalue weighted by Crippen LogP contribution is 2.05. The molecule has 1 aliphatic rings. The van der Waals surface area contributed by atoms with Gasteiger partial charge in [-0.1, -0.05) is 0 Å². The molecule has 0 saturated carbocycles. The van der Waals surface area contributed by atoms with Gasteiger partial charge >= 0.3 is 17.8 Å². The SMILES string of the molecule is CCN1CCN(C(=O)NC(C=O)CNC(=O)Cn2cnnn2)C(=O)C1=O. The Labute approximate surface area is 147 Å². The third-order valence-electron chi connectivity index (χ3n) is 3.63. The Bertz CT molecular complexity index is 691. The molecule has 1 aromatic rings. The van der Waals surface area contributed by atoms with E-state index < -0.39 is 29.8 Å². The van der Waals surface area contributed by atoms with Crippen LogP contribution in [0.4, 0.5) is 4.79 Å². The number of nitrogens with one attached hydrogen (secondary N) is 2. The Kier molecular flexibility index (Phi) is 6.30. The number of imide groups is 1. The summed E-state index contributed by atoms with van der Waals surface area (Å²) in [5.74, 6) is -2.20. The quantitative estimate of drug-likeness (QED) is 0.376. The van der Waals surface area contributed by atoms with Gasteiger partial charge in [-0.15, -0.1) is 5.10 Å². The van der Waals surface area contributed by atoms with E-state index in [4.69, 9.17) is 0 Å². The number of tetrazole rings is 1. The number of hydrogen-bond donors (Lipinski definition) is 2. The van der Waals surface area contributed by atoms with Crippen molar-refractivity contribution < 1.29 is 24.0 Å². The monoisotopic (exact) mass is 366 g/mol. The van der Waals surface area contributed by atoms with Crippen molar-refractivity contribution in [1.82, 2.24) is 40.6 Å². The van der Waals surface area contributed by atoms with Gasteiger partial charge in [0.05, 0.1) is 0 Å². The van der Waals surface area contributed by atoms with E-state index in [0.29, 0.717) is 12.8 Å². The molecule has 0 radical (unpaired) electrons. The maximum Gasteiger partial charge on any atom is 0.325 e. The number of amides is 5. The minimum absolute atomic E-state index is 0.0292. The summed E-state index contributed by atoms with van der Waals surface area (Å²) in [5, 5.41) is 15.0. The summed E-state index contributed by atoms with van der Waals surface area (Å²) < 4.78 is 1.18. The van der Waals surface area contributed by atoms with E-state index in [2.05, 4.69) is 26.2 Å². The molecule has 140 valence electrons. The molecule has 1 atom stereocenters. The first-order valence-electron chi connectivity index (χ1n) is 7.80. The maximum atomic E-state index is 12.1. The second-order valence-corrected chi connectivity index (χ2v) is 5.35. The van der Waals surface area contributed by atoms with Crippen LogP contribution in [0, 0.1) is 0 Å². The van der Waals surface area contributed by atoms with E-state index in [1.54, 1.807) is 6.92 Å². The van der Waals surface area contributed by atoms with Crippen molar-refractivity contribution in [2.75, 3.05) is 26.2 Å². The smallest absolute Gasteiger partial charge is 0.325 e. The second kappa shape index (κ2) is 8.64. The first-order chi connectivity index (χ1) is 12.5. The van der Waals surface area contributed by atoms with E-state index >= 15 is 0 Å². The van der Waals surface area contributed by atoms with Crippen molar-refractivity contribution in [3.63, 3.8) is 0 Å². The van der Waals surface area contributed by atoms with Gasteiger partial charge in [-0.3, -0.25) is 19.3 Å². The highest BCUT2D eigenvalue weighted by Gasteiger charge is 2.35. The molecule has 0 bridgehead atoms. The number of likely N-dealkylation sites (N-methyl/N-ethyl adjacent to an activating group) is 1. The molecular weight excluding hydrogens is 348 g/mol. The predicted octanol–water partition coefficient (Wildman–Crippen LogP) is -3.24. The number of nitrogens with zero attached hydrogens (tertiary/aromatic N) is 6. The van der Waals surface area contributed by atoms with Gasteiger partial charge in [0.1, 0.15) is 25.2 Å². The lowest BCUT2D eigenvalue weighted by molar-refractivity contribution is -0.153. The number of aldehydes is 1. The largest absolute Gasteiger partial charge is 0.352 e. The van der Waals surface area contributed by atoms with E-state index in [1.807, 2.05) is 0 Å². The molecule has 26 heavy (non-hydrogen) atoms. The molecule has 1 fully saturated rings. The van der Waals surface area contributed by atoms with Gasteiger partial charge < -0.3 is 20.3 Å². The van der Waals surface area contributed by atoms with Crippen LogP contribution in [0.2, 0.25) is 0 Å². The van der Waals surface area contributed by atoms with Gasteiger partial charge in [-0.25, -0.2) is 9.48 Å². The fourth-order valence-electron chi connectivity index (χ4n) is 2.22. The molecule has 0 spiro atoms. The Morgan fingerprint density at radius 3 is 2.69 bits per heavy atom. The van der Waals surface area contributed by atoms with Gasteiger partial charge in [0, 0.05) is 26.2 Å². The van der Waals surface area contributed by atoms with Gasteiger partial charge in [-0.05, 0) is 17.4 Å². The maximum absolute atomic E-state index is 12.1. The van der Waals surface area contributed by atoms with Gasteiger partial charge in [0.15, 0.2) is 0 Å². The standard InChI is InChI=1S/C13H18N8O5/c1-2-19-3-4-21(12(25)11(19)24)13(26)16-9(7-22)5-14-10(23)6-20-8-15-17-18-20/h7-9H,2-6H2,1H3,(H,14,23)(H,16,26). The summed E-state index contributed by atoms with van der Waals surface area (Å²) in [6, 6.07) is -1.93. The number of urea groups is 1. The fourth-order valence-corrected chi connectivity index (χ4v) is 2.22. The van der Waals surface area contributed by atoms with Crippen molar-refractivity contribution >= 4 is 30.0 Å². The summed E-state index contributed by atoms with van der Waals surface area (Å²) >= 11 is 0. The number of aromatic nitrogens is 4. The lowest BCUT2D eigenvalue weighted by atomic mass is 10.3. The van der Waals surface area contributed by atoms with E-state index in [-0.39, 0.29) is 26.2 Å². The highest BCUT2D eigenvalue weighted by molar-refractivity contribution is 6.38. The molecule has 1 aromatic heterocycles. The molecule has 1 unspecified atom stereocenters. The Morgan fingerprint density at radius 2 is 2.08 bits per heavy atom. The van der Waals surface area contributed by atoms with Gasteiger partial charge in [0.2, 0.25) is 5.91 Å². The van der Waals surface area contributed by atoms with Crippen LogP contribution in [0.3, 0.4) is 0 Å². The predicted molar refractivity (Wildman–Crippen MR) is 83.2 cm³/mol. The number of piperazine rings is 1. The summed E-state index contributed by atoms with van der Waals surface area (Å²) in [4.78, 5) is 60.8. The zero-order chi connectivity index (χ0) is 19.1.